The fourth-order valence-electron chi connectivity index (χ4n) is 1.30. The molecule has 0 saturated carbocycles. The summed E-state index contributed by atoms with van der Waals surface area (Å²) >= 11 is 5.85. The zero-order valence-electron chi connectivity index (χ0n) is 10.4. The van der Waals surface area contributed by atoms with Crippen molar-refractivity contribution in [3.05, 3.63) is 23.2 Å². The van der Waals surface area contributed by atoms with Crippen molar-refractivity contribution in [2.75, 3.05) is 18.5 Å². The van der Waals surface area contributed by atoms with Gasteiger partial charge in [-0.05, 0) is 26.0 Å². The molecule has 6 heteroatoms. The van der Waals surface area contributed by atoms with Gasteiger partial charge in [0.2, 0.25) is 0 Å². The van der Waals surface area contributed by atoms with Gasteiger partial charge in [-0.15, -0.1) is 0 Å². The summed E-state index contributed by atoms with van der Waals surface area (Å²) in [6.45, 7) is 3.90. The predicted octanol–water partition coefficient (Wildman–Crippen LogP) is 2.24. The Morgan fingerprint density at radius 2 is 2.28 bits per heavy atom. The fourth-order valence-corrected chi connectivity index (χ4v) is 1.46. The van der Waals surface area contributed by atoms with Crippen LogP contribution in [0.25, 0.3) is 0 Å². The van der Waals surface area contributed by atoms with Gasteiger partial charge in [0.05, 0.1) is 24.9 Å². The first kappa shape index (κ1) is 14.6. The maximum atomic E-state index is 11.6. The summed E-state index contributed by atoms with van der Waals surface area (Å²) in [7, 11) is 0. The van der Waals surface area contributed by atoms with E-state index in [0.717, 1.165) is 0 Å². The lowest BCUT2D eigenvalue weighted by molar-refractivity contribution is 0.229. The maximum absolute atomic E-state index is 11.6. The van der Waals surface area contributed by atoms with E-state index in [4.69, 9.17) is 21.4 Å². The van der Waals surface area contributed by atoms with Crippen molar-refractivity contribution in [2.24, 2.45) is 0 Å². The second kappa shape index (κ2) is 7.08. The number of aliphatic hydroxyl groups is 1. The molecule has 0 heterocycles. The second-order valence-electron chi connectivity index (χ2n) is 3.76. The summed E-state index contributed by atoms with van der Waals surface area (Å²) in [6.07, 6.45) is 0. The number of ether oxygens (including phenoxy) is 1. The fraction of sp³-hybridized carbons (Fsp3) is 0.417. The number of rotatable bonds is 5. The quantitative estimate of drug-likeness (QED) is 0.770. The third-order valence-corrected chi connectivity index (χ3v) is 2.38. The van der Waals surface area contributed by atoms with Gasteiger partial charge in [0, 0.05) is 11.1 Å². The minimum Gasteiger partial charge on any atom is -0.492 e. The van der Waals surface area contributed by atoms with E-state index in [-0.39, 0.29) is 12.6 Å². The molecule has 0 aliphatic carbocycles. The van der Waals surface area contributed by atoms with Crippen molar-refractivity contribution >= 4 is 23.3 Å². The molecule has 0 unspecified atom stereocenters. The number of benzene rings is 1. The number of carbonyl (C=O) groups is 1. The summed E-state index contributed by atoms with van der Waals surface area (Å²) in [5, 5.41) is 14.6. The summed E-state index contributed by atoms with van der Waals surface area (Å²) in [5.41, 5.74) is 0.531. The predicted molar refractivity (Wildman–Crippen MR) is 71.3 cm³/mol. The van der Waals surface area contributed by atoms with Crippen molar-refractivity contribution in [1.82, 2.24) is 5.32 Å². The van der Waals surface area contributed by atoms with E-state index in [1.54, 1.807) is 25.1 Å². The zero-order valence-corrected chi connectivity index (χ0v) is 11.1. The Labute approximate surface area is 111 Å². The van der Waals surface area contributed by atoms with E-state index in [1.165, 1.54) is 0 Å². The average molecular weight is 273 g/mol. The van der Waals surface area contributed by atoms with E-state index in [9.17, 15) is 4.79 Å². The van der Waals surface area contributed by atoms with Crippen molar-refractivity contribution in [3.63, 3.8) is 0 Å². The zero-order chi connectivity index (χ0) is 13.5. The molecule has 0 radical (unpaired) electrons. The molecule has 0 saturated heterocycles. The molecule has 18 heavy (non-hydrogen) atoms. The largest absolute Gasteiger partial charge is 0.492 e. The molecule has 100 valence electrons. The monoisotopic (exact) mass is 272 g/mol. The molecule has 0 bridgehead atoms. The number of aliphatic hydroxyl groups excluding tert-OH is 1. The van der Waals surface area contributed by atoms with Crippen LogP contribution in [-0.2, 0) is 0 Å². The van der Waals surface area contributed by atoms with E-state index < -0.39 is 6.03 Å². The summed E-state index contributed by atoms with van der Waals surface area (Å²) in [5.74, 6) is 0.511. The molecule has 1 aromatic rings. The summed E-state index contributed by atoms with van der Waals surface area (Å²) in [4.78, 5) is 11.6. The van der Waals surface area contributed by atoms with Crippen molar-refractivity contribution in [1.29, 1.82) is 0 Å². The van der Waals surface area contributed by atoms with Crippen LogP contribution >= 0.6 is 11.6 Å². The number of amides is 2. The lowest BCUT2D eigenvalue weighted by atomic mass is 10.3. The Kier molecular flexibility index (Phi) is 5.74. The van der Waals surface area contributed by atoms with Crippen LogP contribution in [0.5, 0.6) is 5.75 Å². The number of nitrogens with one attached hydrogen (secondary N) is 2. The highest BCUT2D eigenvalue weighted by atomic mass is 35.5. The van der Waals surface area contributed by atoms with Crippen LogP contribution in [0.4, 0.5) is 10.5 Å². The molecule has 0 spiro atoms. The first-order chi connectivity index (χ1) is 8.56. The Morgan fingerprint density at radius 1 is 1.56 bits per heavy atom. The molecule has 1 atom stereocenters. The third kappa shape index (κ3) is 4.43. The van der Waals surface area contributed by atoms with E-state index in [1.807, 2.05) is 6.92 Å². The SMILES string of the molecule is CCOc1cc(Cl)ccc1NC(=O)N[C@@H](C)CO. The highest BCUT2D eigenvalue weighted by Gasteiger charge is 2.10. The number of anilines is 1. The Hall–Kier alpha value is -1.46. The summed E-state index contributed by atoms with van der Waals surface area (Å²) < 4.78 is 5.37. The van der Waals surface area contributed by atoms with Gasteiger partial charge in [-0.2, -0.15) is 0 Å². The Morgan fingerprint density at radius 3 is 2.89 bits per heavy atom. The minimum atomic E-state index is -0.403. The van der Waals surface area contributed by atoms with Gasteiger partial charge in [-0.1, -0.05) is 11.6 Å². The normalized spacial score (nSPS) is 11.8. The molecule has 0 aromatic heterocycles. The second-order valence-corrected chi connectivity index (χ2v) is 4.19. The van der Waals surface area contributed by atoms with Crippen LogP contribution in [-0.4, -0.2) is 30.4 Å². The highest BCUT2D eigenvalue weighted by Crippen LogP contribution is 2.28. The van der Waals surface area contributed by atoms with Crippen LogP contribution in [0.3, 0.4) is 0 Å². The number of hydrogen-bond donors (Lipinski definition) is 3. The van der Waals surface area contributed by atoms with Crippen LogP contribution in [0, 0.1) is 0 Å². The maximum Gasteiger partial charge on any atom is 0.319 e. The van der Waals surface area contributed by atoms with Crippen molar-refractivity contribution in [2.45, 2.75) is 19.9 Å². The average Bonchev–Trinajstić information content (AvgIpc) is 2.32. The lowest BCUT2D eigenvalue weighted by Crippen LogP contribution is -2.38. The van der Waals surface area contributed by atoms with Crippen molar-refractivity contribution < 1.29 is 14.6 Å². The van der Waals surface area contributed by atoms with Gasteiger partial charge in [-0.3, -0.25) is 0 Å². The van der Waals surface area contributed by atoms with Gasteiger partial charge in [0.1, 0.15) is 5.75 Å². The van der Waals surface area contributed by atoms with Crippen LogP contribution < -0.4 is 15.4 Å². The number of halogens is 1. The first-order valence-corrected chi connectivity index (χ1v) is 6.05. The van der Waals surface area contributed by atoms with Gasteiger partial charge in [-0.25, -0.2) is 4.79 Å². The first-order valence-electron chi connectivity index (χ1n) is 5.67. The molecule has 2 amide bonds. The van der Waals surface area contributed by atoms with Gasteiger partial charge in [0.15, 0.2) is 0 Å². The molecular formula is C12H17ClN2O3. The topological polar surface area (TPSA) is 70.6 Å². The number of carbonyl (C=O) groups excluding carboxylic acids is 1. The van der Waals surface area contributed by atoms with Gasteiger partial charge >= 0.3 is 6.03 Å². The van der Waals surface area contributed by atoms with Crippen molar-refractivity contribution in [3.8, 4) is 5.75 Å². The molecule has 0 aliphatic heterocycles. The minimum absolute atomic E-state index is 0.119. The molecule has 1 aromatic carbocycles. The molecule has 1 rings (SSSR count). The molecule has 3 N–H and O–H groups in total. The standard InChI is InChI=1S/C12H17ClN2O3/c1-3-18-11-6-9(13)4-5-10(11)15-12(17)14-8(2)7-16/h4-6,8,16H,3,7H2,1-2H3,(H2,14,15,17)/t8-/m0/s1. The van der Waals surface area contributed by atoms with E-state index >= 15 is 0 Å². The smallest absolute Gasteiger partial charge is 0.319 e. The molecule has 5 nitrogen and oxygen atoms in total. The number of urea groups is 1. The van der Waals surface area contributed by atoms with Gasteiger partial charge in [0.25, 0.3) is 0 Å². The highest BCUT2D eigenvalue weighted by molar-refractivity contribution is 6.30. The molecule has 0 aliphatic rings. The van der Waals surface area contributed by atoms with E-state index in [2.05, 4.69) is 10.6 Å². The Bertz CT molecular complexity index is 412. The van der Waals surface area contributed by atoms with Crippen LogP contribution in [0.1, 0.15) is 13.8 Å². The molecular weight excluding hydrogens is 256 g/mol. The van der Waals surface area contributed by atoms with Crippen LogP contribution in [0.15, 0.2) is 18.2 Å². The third-order valence-electron chi connectivity index (χ3n) is 2.14. The number of hydrogen-bond acceptors (Lipinski definition) is 3. The van der Waals surface area contributed by atoms with Gasteiger partial charge < -0.3 is 20.5 Å². The molecule has 0 fully saturated rings. The Balaban J connectivity index is 2.74. The van der Waals surface area contributed by atoms with E-state index in [0.29, 0.717) is 23.1 Å². The lowest BCUT2D eigenvalue weighted by Gasteiger charge is -2.14. The van der Waals surface area contributed by atoms with Crippen LogP contribution in [0.2, 0.25) is 5.02 Å². The summed E-state index contributed by atoms with van der Waals surface area (Å²) in [6, 6.07) is 4.25.